The number of hydrogen-bond acceptors (Lipinski definition) is 3. The first-order chi connectivity index (χ1) is 9.21. The Morgan fingerprint density at radius 1 is 1.21 bits per heavy atom. The quantitative estimate of drug-likeness (QED) is 0.759. The van der Waals surface area contributed by atoms with Crippen LogP contribution >= 0.6 is 0 Å². The average Bonchev–Trinajstić information content (AvgIpc) is 2.44. The maximum Gasteiger partial charge on any atom is 0.242 e. The molecular weight excluding hydrogens is 240 g/mol. The van der Waals surface area contributed by atoms with Crippen LogP contribution in [-0.4, -0.2) is 25.1 Å². The fraction of sp³-hybridized carbons (Fsp3) is 0.533. The third-order valence-corrected chi connectivity index (χ3v) is 2.78. The highest BCUT2D eigenvalue weighted by atomic mass is 16.5. The van der Waals surface area contributed by atoms with Crippen LogP contribution in [-0.2, 0) is 4.79 Å². The number of rotatable bonds is 8. The van der Waals surface area contributed by atoms with Gasteiger partial charge in [0.1, 0.15) is 11.8 Å². The molecule has 1 atom stereocenters. The molecule has 0 fully saturated rings. The lowest BCUT2D eigenvalue weighted by Gasteiger charge is -2.18. The van der Waals surface area contributed by atoms with Crippen LogP contribution in [0.15, 0.2) is 24.3 Å². The van der Waals surface area contributed by atoms with Gasteiger partial charge < -0.3 is 15.4 Å². The predicted molar refractivity (Wildman–Crippen MR) is 78.6 cm³/mol. The average molecular weight is 264 g/mol. The Labute approximate surface area is 115 Å². The zero-order chi connectivity index (χ0) is 14.1. The zero-order valence-electron chi connectivity index (χ0n) is 12.0. The van der Waals surface area contributed by atoms with Crippen LogP contribution in [0.1, 0.15) is 33.6 Å². The second-order valence-electron chi connectivity index (χ2n) is 4.35. The first kappa shape index (κ1) is 15.3. The fourth-order valence-corrected chi connectivity index (χ4v) is 1.74. The molecule has 1 aromatic rings. The van der Waals surface area contributed by atoms with Crippen molar-refractivity contribution in [2.75, 3.05) is 18.5 Å². The molecule has 1 unspecified atom stereocenters. The predicted octanol–water partition coefficient (Wildman–Crippen LogP) is 2.80. The first-order valence-corrected chi connectivity index (χ1v) is 6.98. The molecule has 0 heterocycles. The number of carbonyl (C=O) groups is 1. The topological polar surface area (TPSA) is 50.4 Å². The normalized spacial score (nSPS) is 11.7. The number of hydrogen-bond donors (Lipinski definition) is 2. The number of amides is 1. The minimum absolute atomic E-state index is 0.0539. The molecule has 0 radical (unpaired) electrons. The highest BCUT2D eigenvalue weighted by Gasteiger charge is 2.15. The molecule has 1 rings (SSSR count). The molecule has 4 heteroatoms. The lowest BCUT2D eigenvalue weighted by molar-refractivity contribution is -0.121. The van der Waals surface area contributed by atoms with E-state index in [4.69, 9.17) is 4.74 Å². The molecule has 1 aromatic carbocycles. The Morgan fingerprint density at radius 3 is 2.42 bits per heavy atom. The number of nitrogens with one attached hydrogen (secondary N) is 2. The molecule has 4 nitrogen and oxygen atoms in total. The fourth-order valence-electron chi connectivity index (χ4n) is 1.74. The minimum Gasteiger partial charge on any atom is -0.494 e. The van der Waals surface area contributed by atoms with Gasteiger partial charge in [0.15, 0.2) is 0 Å². The lowest BCUT2D eigenvalue weighted by atomic mass is 10.2. The molecule has 0 spiro atoms. The summed E-state index contributed by atoms with van der Waals surface area (Å²) in [5.74, 6) is 0.898. The van der Waals surface area contributed by atoms with Crippen molar-refractivity contribution < 1.29 is 9.53 Å². The molecule has 0 aromatic heterocycles. The van der Waals surface area contributed by atoms with Crippen molar-refractivity contribution in [1.82, 2.24) is 5.32 Å². The van der Waals surface area contributed by atoms with Crippen molar-refractivity contribution in [3.63, 3.8) is 0 Å². The van der Waals surface area contributed by atoms with Gasteiger partial charge >= 0.3 is 0 Å². The molecule has 19 heavy (non-hydrogen) atoms. The van der Waals surface area contributed by atoms with Crippen molar-refractivity contribution >= 4 is 11.6 Å². The first-order valence-electron chi connectivity index (χ1n) is 6.98. The molecular formula is C15H24N2O2. The number of benzene rings is 1. The molecule has 2 N–H and O–H groups in total. The highest BCUT2D eigenvalue weighted by molar-refractivity contribution is 5.84. The van der Waals surface area contributed by atoms with E-state index >= 15 is 0 Å². The van der Waals surface area contributed by atoms with Crippen molar-refractivity contribution in [3.8, 4) is 5.75 Å². The molecule has 0 saturated carbocycles. The molecule has 1 amide bonds. The van der Waals surface area contributed by atoms with Crippen LogP contribution in [0.2, 0.25) is 0 Å². The molecule has 0 bridgehead atoms. The third-order valence-electron chi connectivity index (χ3n) is 2.78. The van der Waals surface area contributed by atoms with Crippen molar-refractivity contribution in [2.24, 2.45) is 0 Å². The minimum atomic E-state index is -0.190. The molecule has 0 aliphatic heterocycles. The van der Waals surface area contributed by atoms with E-state index in [-0.39, 0.29) is 11.9 Å². The monoisotopic (exact) mass is 264 g/mol. The Hall–Kier alpha value is -1.71. The van der Waals surface area contributed by atoms with E-state index in [1.807, 2.05) is 45.0 Å². The Balaban J connectivity index is 2.57. The van der Waals surface area contributed by atoms with Crippen LogP contribution in [0, 0.1) is 0 Å². The maximum absolute atomic E-state index is 11.9. The Bertz CT molecular complexity index is 376. The number of anilines is 1. The van der Waals surface area contributed by atoms with E-state index < -0.39 is 0 Å². The van der Waals surface area contributed by atoms with Gasteiger partial charge in [-0.3, -0.25) is 4.79 Å². The molecule has 0 saturated heterocycles. The van der Waals surface area contributed by atoms with Gasteiger partial charge in [0.05, 0.1) is 6.61 Å². The van der Waals surface area contributed by atoms with E-state index in [0.717, 1.165) is 30.8 Å². The van der Waals surface area contributed by atoms with E-state index in [9.17, 15) is 4.79 Å². The second kappa shape index (κ2) is 8.40. The third kappa shape index (κ3) is 5.20. The van der Waals surface area contributed by atoms with Gasteiger partial charge in [0, 0.05) is 12.2 Å². The van der Waals surface area contributed by atoms with Crippen LogP contribution in [0.25, 0.3) is 0 Å². The summed E-state index contributed by atoms with van der Waals surface area (Å²) in [6, 6.07) is 7.48. The van der Waals surface area contributed by atoms with Gasteiger partial charge in [-0.05, 0) is 44.0 Å². The summed E-state index contributed by atoms with van der Waals surface area (Å²) in [5.41, 5.74) is 0.932. The summed E-state index contributed by atoms with van der Waals surface area (Å²) < 4.78 is 5.39. The lowest BCUT2D eigenvalue weighted by Crippen LogP contribution is -2.39. The molecule has 0 aliphatic rings. The summed E-state index contributed by atoms with van der Waals surface area (Å²) in [4.78, 5) is 11.9. The zero-order valence-corrected chi connectivity index (χ0v) is 12.0. The van der Waals surface area contributed by atoms with Crippen LogP contribution in [0.4, 0.5) is 5.69 Å². The number of ether oxygens (including phenoxy) is 1. The summed E-state index contributed by atoms with van der Waals surface area (Å²) in [6.45, 7) is 7.38. The van der Waals surface area contributed by atoms with E-state index in [0.29, 0.717) is 6.61 Å². The van der Waals surface area contributed by atoms with Gasteiger partial charge in [-0.2, -0.15) is 0 Å². The summed E-state index contributed by atoms with van der Waals surface area (Å²) in [6.07, 6.45) is 1.70. The van der Waals surface area contributed by atoms with Gasteiger partial charge in [-0.1, -0.05) is 13.8 Å². The largest absolute Gasteiger partial charge is 0.494 e. The summed E-state index contributed by atoms with van der Waals surface area (Å²) >= 11 is 0. The van der Waals surface area contributed by atoms with E-state index in [1.165, 1.54) is 0 Å². The van der Waals surface area contributed by atoms with Crippen molar-refractivity contribution in [2.45, 2.75) is 39.7 Å². The van der Waals surface area contributed by atoms with Gasteiger partial charge in [-0.15, -0.1) is 0 Å². The van der Waals surface area contributed by atoms with Crippen LogP contribution < -0.4 is 15.4 Å². The second-order valence-corrected chi connectivity index (χ2v) is 4.35. The van der Waals surface area contributed by atoms with Crippen LogP contribution in [0.5, 0.6) is 5.75 Å². The summed E-state index contributed by atoms with van der Waals surface area (Å²) in [5, 5.41) is 6.15. The summed E-state index contributed by atoms with van der Waals surface area (Å²) in [7, 11) is 0. The van der Waals surface area contributed by atoms with Gasteiger partial charge in [0.25, 0.3) is 0 Å². The number of carbonyl (C=O) groups excluding carboxylic acids is 1. The standard InChI is InChI=1S/C15H24N2O2/c1-4-11-16-15(18)14(5-2)17-12-7-9-13(10-8-12)19-6-3/h7-10,14,17H,4-6,11H2,1-3H3,(H,16,18). The van der Waals surface area contributed by atoms with E-state index in [1.54, 1.807) is 0 Å². The Kier molecular flexibility index (Phi) is 6.79. The van der Waals surface area contributed by atoms with Gasteiger partial charge in [-0.25, -0.2) is 0 Å². The molecule has 0 aliphatic carbocycles. The van der Waals surface area contributed by atoms with E-state index in [2.05, 4.69) is 10.6 Å². The smallest absolute Gasteiger partial charge is 0.242 e. The van der Waals surface area contributed by atoms with Gasteiger partial charge in [0.2, 0.25) is 5.91 Å². The molecule has 106 valence electrons. The Morgan fingerprint density at radius 2 is 1.89 bits per heavy atom. The van der Waals surface area contributed by atoms with Crippen molar-refractivity contribution in [3.05, 3.63) is 24.3 Å². The van der Waals surface area contributed by atoms with Crippen LogP contribution in [0.3, 0.4) is 0 Å². The maximum atomic E-state index is 11.9. The highest BCUT2D eigenvalue weighted by Crippen LogP contribution is 2.16. The van der Waals surface area contributed by atoms with Crippen molar-refractivity contribution in [1.29, 1.82) is 0 Å². The SMILES string of the molecule is CCCNC(=O)C(CC)Nc1ccc(OCC)cc1.